The van der Waals surface area contributed by atoms with Gasteiger partial charge in [0.15, 0.2) is 0 Å². The van der Waals surface area contributed by atoms with Crippen molar-refractivity contribution in [3.8, 4) is 11.3 Å². The van der Waals surface area contributed by atoms with E-state index in [1.165, 1.54) is 19.3 Å². The molecule has 3 aliphatic rings. The lowest BCUT2D eigenvalue weighted by Crippen LogP contribution is -2.47. The van der Waals surface area contributed by atoms with Crippen LogP contribution in [-0.4, -0.2) is 58.1 Å². The lowest BCUT2D eigenvalue weighted by molar-refractivity contribution is -0.122. The monoisotopic (exact) mass is 521 g/mol. The van der Waals surface area contributed by atoms with Crippen LogP contribution in [0.1, 0.15) is 87.7 Å². The Hall–Kier alpha value is -2.87. The highest BCUT2D eigenvalue weighted by molar-refractivity contribution is 5.99. The fourth-order valence-corrected chi connectivity index (χ4v) is 6.67. The maximum absolute atomic E-state index is 14.5. The number of amides is 2. The van der Waals surface area contributed by atoms with E-state index in [2.05, 4.69) is 10.6 Å². The van der Waals surface area contributed by atoms with Gasteiger partial charge >= 0.3 is 5.69 Å². The summed E-state index contributed by atoms with van der Waals surface area (Å²) in [6, 6.07) is 9.62. The van der Waals surface area contributed by atoms with Crippen molar-refractivity contribution in [3.05, 3.63) is 46.5 Å². The number of imidazole rings is 1. The number of carbonyl (C=O) groups is 2. The summed E-state index contributed by atoms with van der Waals surface area (Å²) in [4.78, 5) is 43.1. The summed E-state index contributed by atoms with van der Waals surface area (Å²) in [7, 11) is 0. The van der Waals surface area contributed by atoms with Gasteiger partial charge in [0.25, 0.3) is 5.91 Å². The van der Waals surface area contributed by atoms with Gasteiger partial charge in [0, 0.05) is 50.7 Å². The maximum Gasteiger partial charge on any atom is 0.329 e. The van der Waals surface area contributed by atoms with E-state index in [9.17, 15) is 14.4 Å². The average Bonchev–Trinajstić information content (AvgIpc) is 3.25. The summed E-state index contributed by atoms with van der Waals surface area (Å²) in [6.45, 7) is 5.22. The Labute approximate surface area is 225 Å². The van der Waals surface area contributed by atoms with Crippen LogP contribution in [0.15, 0.2) is 35.1 Å². The molecule has 2 saturated carbocycles. The molecular formula is C30H43N5O3. The second kappa shape index (κ2) is 12.3. The summed E-state index contributed by atoms with van der Waals surface area (Å²) < 4.78 is 3.71. The fraction of sp³-hybridized carbons (Fsp3) is 0.633. The molecule has 2 atom stereocenters. The van der Waals surface area contributed by atoms with E-state index in [0.717, 1.165) is 62.9 Å². The van der Waals surface area contributed by atoms with Gasteiger partial charge in [-0.25, -0.2) is 4.79 Å². The Morgan fingerprint density at radius 2 is 1.63 bits per heavy atom. The van der Waals surface area contributed by atoms with E-state index < -0.39 is 0 Å². The first-order valence-electron chi connectivity index (χ1n) is 14.8. The third-order valence-electron chi connectivity index (χ3n) is 8.72. The molecular weight excluding hydrogens is 478 g/mol. The molecule has 0 bridgehead atoms. The summed E-state index contributed by atoms with van der Waals surface area (Å²) in [6.07, 6.45) is 9.88. The van der Waals surface area contributed by atoms with Crippen molar-refractivity contribution in [2.24, 2.45) is 5.92 Å². The molecule has 5 rings (SSSR count). The molecule has 2 heterocycles. The second-order valence-electron chi connectivity index (χ2n) is 11.3. The number of hydrogen-bond donors (Lipinski definition) is 2. The van der Waals surface area contributed by atoms with Gasteiger partial charge in [0.05, 0.1) is 11.7 Å². The van der Waals surface area contributed by atoms with Crippen LogP contribution in [-0.2, 0) is 11.3 Å². The molecule has 38 heavy (non-hydrogen) atoms. The fourth-order valence-electron chi connectivity index (χ4n) is 6.67. The second-order valence-corrected chi connectivity index (χ2v) is 11.3. The van der Waals surface area contributed by atoms with Crippen molar-refractivity contribution in [2.45, 2.75) is 89.8 Å². The topological polar surface area (TPSA) is 88.4 Å². The number of hydrogen-bond acceptors (Lipinski definition) is 4. The van der Waals surface area contributed by atoms with Crippen LogP contribution in [0.3, 0.4) is 0 Å². The molecule has 8 nitrogen and oxygen atoms in total. The molecule has 8 heteroatoms. The van der Waals surface area contributed by atoms with Crippen LogP contribution < -0.4 is 16.3 Å². The molecule has 2 N–H and O–H groups in total. The summed E-state index contributed by atoms with van der Waals surface area (Å²) in [5.41, 5.74) is 2.03. The first-order chi connectivity index (χ1) is 18.6. The van der Waals surface area contributed by atoms with E-state index in [4.69, 9.17) is 0 Å². The highest BCUT2D eigenvalue weighted by Crippen LogP contribution is 2.35. The van der Waals surface area contributed by atoms with E-state index in [1.54, 1.807) is 0 Å². The Kier molecular flexibility index (Phi) is 8.67. The molecule has 0 spiro atoms. The van der Waals surface area contributed by atoms with E-state index in [0.29, 0.717) is 37.7 Å². The van der Waals surface area contributed by atoms with Gasteiger partial charge in [-0.05, 0) is 31.6 Å². The molecule has 0 radical (unpaired) electrons. The Balaban J connectivity index is 1.68. The number of rotatable bonds is 7. The summed E-state index contributed by atoms with van der Waals surface area (Å²) in [5.74, 6) is 0.356. The van der Waals surface area contributed by atoms with Gasteiger partial charge in [-0.15, -0.1) is 0 Å². The van der Waals surface area contributed by atoms with Gasteiger partial charge < -0.3 is 15.5 Å². The Bertz CT molecular complexity index is 1160. The normalized spacial score (nSPS) is 22.8. The predicted octanol–water partition coefficient (Wildman–Crippen LogP) is 3.95. The smallest absolute Gasteiger partial charge is 0.329 e. The van der Waals surface area contributed by atoms with Crippen molar-refractivity contribution in [3.63, 3.8) is 0 Å². The highest BCUT2D eigenvalue weighted by Gasteiger charge is 2.37. The molecule has 2 aliphatic carbocycles. The number of carbonyl (C=O) groups excluding carboxylic acids is 2. The van der Waals surface area contributed by atoms with Crippen molar-refractivity contribution >= 4 is 11.8 Å². The van der Waals surface area contributed by atoms with Crippen LogP contribution in [0, 0.1) is 5.92 Å². The molecule has 2 amide bonds. The van der Waals surface area contributed by atoms with Crippen molar-refractivity contribution in [1.29, 1.82) is 0 Å². The molecule has 1 aliphatic heterocycles. The van der Waals surface area contributed by atoms with Crippen molar-refractivity contribution < 1.29 is 9.59 Å². The molecule has 206 valence electrons. The van der Waals surface area contributed by atoms with Crippen LogP contribution in [0.2, 0.25) is 0 Å². The zero-order valence-corrected chi connectivity index (χ0v) is 22.8. The van der Waals surface area contributed by atoms with Crippen LogP contribution in [0.25, 0.3) is 11.3 Å². The van der Waals surface area contributed by atoms with Crippen LogP contribution in [0.4, 0.5) is 0 Å². The number of benzene rings is 1. The predicted molar refractivity (Wildman–Crippen MR) is 149 cm³/mol. The number of piperazine rings is 1. The molecule has 1 saturated heterocycles. The quantitative estimate of drug-likeness (QED) is 0.578. The third-order valence-corrected chi connectivity index (χ3v) is 8.72. The van der Waals surface area contributed by atoms with Gasteiger partial charge in [0.2, 0.25) is 5.91 Å². The van der Waals surface area contributed by atoms with Gasteiger partial charge in [-0.1, -0.05) is 69.4 Å². The lowest BCUT2D eigenvalue weighted by atomic mass is 9.89. The van der Waals surface area contributed by atoms with E-state index >= 15 is 0 Å². The van der Waals surface area contributed by atoms with Gasteiger partial charge in [0.1, 0.15) is 5.69 Å². The maximum atomic E-state index is 14.5. The van der Waals surface area contributed by atoms with Crippen LogP contribution >= 0.6 is 0 Å². The highest BCUT2D eigenvalue weighted by atomic mass is 16.2. The zero-order chi connectivity index (χ0) is 26.5. The molecule has 1 aromatic carbocycles. The first kappa shape index (κ1) is 26.7. The molecule has 2 unspecified atom stereocenters. The van der Waals surface area contributed by atoms with E-state index in [-0.39, 0.29) is 29.6 Å². The Morgan fingerprint density at radius 1 is 0.947 bits per heavy atom. The third kappa shape index (κ3) is 5.60. The first-order valence-corrected chi connectivity index (χ1v) is 14.8. The van der Waals surface area contributed by atoms with Crippen LogP contribution in [0.5, 0.6) is 0 Å². The van der Waals surface area contributed by atoms with E-state index in [1.807, 2.05) is 51.3 Å². The van der Waals surface area contributed by atoms with Gasteiger partial charge in [-0.3, -0.25) is 18.7 Å². The number of nitrogens with one attached hydrogen (secondary N) is 2. The molecule has 3 fully saturated rings. The summed E-state index contributed by atoms with van der Waals surface area (Å²) in [5, 5.41) is 6.55. The number of nitrogens with zero attached hydrogens (tertiary/aromatic N) is 3. The largest absolute Gasteiger partial charge is 0.351 e. The van der Waals surface area contributed by atoms with Crippen molar-refractivity contribution in [2.75, 3.05) is 26.2 Å². The average molecular weight is 522 g/mol. The zero-order valence-electron chi connectivity index (χ0n) is 22.8. The minimum absolute atomic E-state index is 0.00923. The lowest BCUT2D eigenvalue weighted by Gasteiger charge is -2.34. The SMILES string of the molecule is CCC(=O)NC1CCCCC1n1c(-c2ccccc2)c(C(=O)N2CCNCC2)n(CC2CCCCC2)c1=O. The van der Waals surface area contributed by atoms with Crippen molar-refractivity contribution in [1.82, 2.24) is 24.7 Å². The van der Waals surface area contributed by atoms with Gasteiger partial charge in [-0.2, -0.15) is 0 Å². The number of aromatic nitrogens is 2. The standard InChI is InChI=1S/C30H43N5O3/c1-2-26(36)32-24-15-9-10-16-25(24)35-27(23-13-7-4-8-14-23)28(29(37)33-19-17-31-18-20-33)34(30(35)38)21-22-11-5-3-6-12-22/h4,7-8,13-14,22,24-25,31H,2-3,5-6,9-12,15-21H2,1H3,(H,32,36). The minimum Gasteiger partial charge on any atom is -0.351 e. The summed E-state index contributed by atoms with van der Waals surface area (Å²) >= 11 is 0. The Morgan fingerprint density at radius 3 is 2.34 bits per heavy atom. The molecule has 2 aromatic rings. The molecule has 1 aromatic heterocycles. The minimum atomic E-state index is -0.177.